The topological polar surface area (TPSA) is 155 Å². The number of hydrogen-bond donors (Lipinski definition) is 0. The Bertz CT molecular complexity index is 4300. The molecule has 0 N–H and O–H groups in total. The van der Waals surface area contributed by atoms with Gasteiger partial charge in [-0.1, -0.05) is 275 Å². The average molecular weight is 1800 g/mol. The van der Waals surface area contributed by atoms with Crippen molar-refractivity contribution in [1.82, 2.24) is 44.9 Å². The second kappa shape index (κ2) is 62.8. The van der Waals surface area contributed by atoms with E-state index >= 15 is 0 Å². The first-order valence-corrected chi connectivity index (χ1v) is 48.9. The van der Waals surface area contributed by atoms with Crippen molar-refractivity contribution in [1.29, 1.82) is 0 Å². The number of nitrogens with zero attached hydrogens (tertiary/aromatic N) is 21. The number of para-hydroxylation sites is 6. The van der Waals surface area contributed by atoms with Gasteiger partial charge in [-0.05, 0) is 177 Å². The van der Waals surface area contributed by atoms with Crippen molar-refractivity contribution >= 4 is 103 Å². The summed E-state index contributed by atoms with van der Waals surface area (Å²) in [6.45, 7) is 74.0. The summed E-state index contributed by atoms with van der Waals surface area (Å²) in [5.74, 6) is 4.89. The molecule has 0 radical (unpaired) electrons. The maximum Gasteiger partial charge on any atom is 0.178 e. The normalized spacial score (nSPS) is 15.3. The molecule has 6 aromatic heterocycles. The summed E-state index contributed by atoms with van der Waals surface area (Å²) in [6.07, 6.45) is 21.5. The third-order valence-corrected chi connectivity index (χ3v) is 21.8. The van der Waals surface area contributed by atoms with Crippen molar-refractivity contribution < 1.29 is 0 Å². The van der Waals surface area contributed by atoms with Crippen LogP contribution < -0.4 is 58.8 Å². The van der Waals surface area contributed by atoms with Crippen LogP contribution in [0.15, 0.2) is 238 Å². The van der Waals surface area contributed by atoms with Crippen molar-refractivity contribution in [3.63, 3.8) is 0 Å². The number of rotatable bonds is 6. The van der Waals surface area contributed by atoms with Crippen LogP contribution in [-0.4, -0.2) is 124 Å². The standard InChI is InChI=1S/3C15H17N3.3C14H16N4.12C2H6/c1-11-7-4-5-8-13(11)18-12(2)17(3)15-14(18)9-6-10-16-15;1-11-6-4-5-7-13(11)18-12(2)17(3)15-10-16-9-8-14(15)18;1-11-6-4-5-7-13(11)18-12(2)17(3)14-8-9-16-10-15(14)18;1-10-6-4-5-7-12(10)18-11(2)17(3)14-13(18)8-15-9-16-14;1-10-6-4-5-7-12(10)18-11(2)17(3)13-8-15-9-16-14(13)18;1-10-6-4-5-7-12(10)18-11(2)17(3)13-14(18)16-9-8-15-13;12*1-2/h3*4-10,12H,1-3H3;3*4-9,11H,1-3H3;12*1-2H3/t3*12-;3*11-;;;;;;;;;;;;/m000000............/s1. The second-order valence-corrected chi connectivity index (χ2v) is 28.1. The molecule has 12 heterocycles. The first-order chi connectivity index (χ1) is 64.2. The zero-order valence-electron chi connectivity index (χ0n) is 89.4. The molecule has 6 aliphatic rings. The highest BCUT2D eigenvalue weighted by molar-refractivity contribution is 5.87. The lowest BCUT2D eigenvalue weighted by molar-refractivity contribution is 0.726. The zero-order chi connectivity index (χ0) is 100. The maximum atomic E-state index is 4.48. The molecule has 720 valence electrons. The number of aryl methyl sites for hydroxylation is 6. The molecule has 0 saturated heterocycles. The van der Waals surface area contributed by atoms with E-state index in [2.05, 4.69) is 393 Å². The summed E-state index contributed by atoms with van der Waals surface area (Å²) in [5, 5.41) is 0. The first-order valence-electron chi connectivity index (χ1n) is 48.9. The lowest BCUT2D eigenvalue weighted by atomic mass is 10.1. The third-order valence-electron chi connectivity index (χ3n) is 21.8. The second-order valence-electron chi connectivity index (χ2n) is 28.1. The summed E-state index contributed by atoms with van der Waals surface area (Å²) in [4.78, 5) is 66.0. The molecule has 6 atom stereocenters. The Morgan fingerprint density at radius 1 is 0.174 bits per heavy atom. The van der Waals surface area contributed by atoms with E-state index in [0.29, 0.717) is 12.3 Å². The van der Waals surface area contributed by atoms with Gasteiger partial charge in [-0.2, -0.15) is 0 Å². The fourth-order valence-corrected chi connectivity index (χ4v) is 15.1. The van der Waals surface area contributed by atoms with Crippen molar-refractivity contribution in [2.75, 3.05) is 101 Å². The average Bonchev–Trinajstić information content (AvgIpc) is 1.66. The Balaban J connectivity index is 0.000000756. The number of aromatic nitrogens is 9. The summed E-state index contributed by atoms with van der Waals surface area (Å²) >= 11 is 0. The Labute approximate surface area is 802 Å². The molecule has 0 unspecified atom stereocenters. The number of anilines is 18. The van der Waals surface area contributed by atoms with Gasteiger partial charge in [0, 0.05) is 107 Å². The van der Waals surface area contributed by atoms with Crippen molar-refractivity contribution in [3.05, 3.63) is 272 Å². The van der Waals surface area contributed by atoms with Crippen molar-refractivity contribution in [2.24, 2.45) is 0 Å². The van der Waals surface area contributed by atoms with Crippen LogP contribution in [0.25, 0.3) is 0 Å². The Kier molecular flexibility index (Phi) is 56.0. The lowest BCUT2D eigenvalue weighted by Crippen LogP contribution is -2.36. The van der Waals surface area contributed by atoms with Gasteiger partial charge in [0.05, 0.1) is 53.2 Å². The van der Waals surface area contributed by atoms with Gasteiger partial charge in [0.2, 0.25) is 0 Å². The maximum absolute atomic E-state index is 4.48. The van der Waals surface area contributed by atoms with Crippen LogP contribution in [0.3, 0.4) is 0 Å². The molecule has 0 saturated carbocycles. The lowest BCUT2D eigenvalue weighted by Gasteiger charge is -2.28. The highest BCUT2D eigenvalue weighted by Gasteiger charge is 2.39. The van der Waals surface area contributed by atoms with E-state index < -0.39 is 0 Å². The van der Waals surface area contributed by atoms with Gasteiger partial charge in [-0.3, -0.25) is 9.97 Å². The summed E-state index contributed by atoms with van der Waals surface area (Å²) in [7, 11) is 12.5. The quantitative estimate of drug-likeness (QED) is 0.155. The highest BCUT2D eigenvalue weighted by Crippen LogP contribution is 2.49. The molecule has 0 fully saturated rings. The fraction of sp³-hybridized carbons (Fsp3) is 0.432. The van der Waals surface area contributed by atoms with E-state index in [4.69, 9.17) is 0 Å². The van der Waals surface area contributed by atoms with Gasteiger partial charge in [0.25, 0.3) is 0 Å². The van der Waals surface area contributed by atoms with E-state index in [-0.39, 0.29) is 24.7 Å². The molecule has 12 aromatic rings. The van der Waals surface area contributed by atoms with Crippen LogP contribution in [0.1, 0.15) is 241 Å². The van der Waals surface area contributed by atoms with Gasteiger partial charge in [0.1, 0.15) is 61.0 Å². The number of hydrogen-bond acceptors (Lipinski definition) is 21. The van der Waals surface area contributed by atoms with Crippen LogP contribution in [0.2, 0.25) is 0 Å². The number of pyridine rings is 3. The highest BCUT2D eigenvalue weighted by atomic mass is 15.5. The molecular weight excluding hydrogens is 1630 g/mol. The first kappa shape index (κ1) is 118. The Morgan fingerprint density at radius 3 is 0.811 bits per heavy atom. The predicted molar refractivity (Wildman–Crippen MR) is 582 cm³/mol. The molecular formula is C111H171N21. The van der Waals surface area contributed by atoms with Crippen LogP contribution in [0, 0.1) is 41.5 Å². The van der Waals surface area contributed by atoms with Crippen LogP contribution in [-0.2, 0) is 0 Å². The molecule has 0 aliphatic carbocycles. The van der Waals surface area contributed by atoms with E-state index in [9.17, 15) is 0 Å². The minimum atomic E-state index is 0.225. The monoisotopic (exact) mass is 1800 g/mol. The smallest absolute Gasteiger partial charge is 0.178 e. The zero-order valence-corrected chi connectivity index (χ0v) is 89.4. The molecule has 18 rings (SSSR count). The number of benzene rings is 6. The van der Waals surface area contributed by atoms with Crippen molar-refractivity contribution in [2.45, 2.75) is 286 Å². The van der Waals surface area contributed by atoms with Gasteiger partial charge in [0.15, 0.2) is 29.1 Å². The van der Waals surface area contributed by atoms with E-state index in [1.54, 1.807) is 25.0 Å². The summed E-state index contributed by atoms with van der Waals surface area (Å²) in [6, 6.07) is 58.9. The summed E-state index contributed by atoms with van der Waals surface area (Å²) < 4.78 is 0. The van der Waals surface area contributed by atoms with Gasteiger partial charge in [-0.25, -0.2) is 34.9 Å². The molecule has 6 aliphatic heterocycles. The van der Waals surface area contributed by atoms with Gasteiger partial charge < -0.3 is 58.8 Å². The van der Waals surface area contributed by atoms with Crippen LogP contribution >= 0.6 is 0 Å². The predicted octanol–water partition coefficient (Wildman–Crippen LogP) is 30.4. The largest absolute Gasteiger partial charge is 0.352 e. The molecule has 132 heavy (non-hydrogen) atoms. The van der Waals surface area contributed by atoms with Crippen LogP contribution in [0.5, 0.6) is 0 Å². The molecule has 0 amide bonds. The van der Waals surface area contributed by atoms with Crippen molar-refractivity contribution in [3.8, 4) is 0 Å². The van der Waals surface area contributed by atoms with Crippen LogP contribution in [0.4, 0.5) is 103 Å². The third kappa shape index (κ3) is 27.9. The minimum absolute atomic E-state index is 0.225. The SMILES string of the molecule is CC.CC.CC.CC.CC.CC.CC.CC.CC.CC.CC.CC.Cc1ccccc1N1c2cccnc2N(C)[C@@H]1C.Cc1ccccc1N1c2ccncc2N(C)[C@@H]1C.Cc1ccccc1N1c2cnccc2N(C)[C@@H]1C.Cc1ccccc1N1c2cncnc2N(C)[C@@H]1C.Cc1ccccc1N1c2nccnc2N(C)[C@@H]1C.Cc1ccccc1N1c2ncncc2N(C)[C@@H]1C. The summed E-state index contributed by atoms with van der Waals surface area (Å²) in [5.41, 5.74) is 23.2. The Hall–Kier alpha value is -12.4. The molecule has 21 heteroatoms. The van der Waals surface area contributed by atoms with E-state index in [1.807, 2.05) is 216 Å². The van der Waals surface area contributed by atoms with E-state index in [0.717, 1.165) is 40.5 Å². The Morgan fingerprint density at radius 2 is 0.417 bits per heavy atom. The number of fused-ring (bicyclic) bond motifs is 6. The fourth-order valence-electron chi connectivity index (χ4n) is 15.1. The molecule has 21 nitrogen and oxygen atoms in total. The minimum Gasteiger partial charge on any atom is -0.352 e. The molecule has 6 aromatic carbocycles. The molecule has 0 bridgehead atoms. The van der Waals surface area contributed by atoms with Gasteiger partial charge in [-0.15, -0.1) is 0 Å². The van der Waals surface area contributed by atoms with E-state index in [1.165, 1.54) is 95.9 Å². The van der Waals surface area contributed by atoms with Gasteiger partial charge >= 0.3 is 0 Å². The molecule has 0 spiro atoms.